The van der Waals surface area contributed by atoms with E-state index in [4.69, 9.17) is 9.94 Å². The number of fused-ring (bicyclic) bond motifs is 5. The number of carbonyl (C=O) groups excluding carboxylic acids is 5. The van der Waals surface area contributed by atoms with Gasteiger partial charge in [0.15, 0.2) is 5.12 Å². The van der Waals surface area contributed by atoms with Gasteiger partial charge in [-0.3, -0.25) is 39.6 Å². The molecule has 0 fully saturated rings. The van der Waals surface area contributed by atoms with E-state index < -0.39 is 30.3 Å². The van der Waals surface area contributed by atoms with Gasteiger partial charge >= 0.3 is 0 Å². The van der Waals surface area contributed by atoms with Gasteiger partial charge in [0.05, 0.1) is 19.8 Å². The average Bonchev–Trinajstić information content (AvgIpc) is 3.53. The van der Waals surface area contributed by atoms with Crippen LogP contribution in [0.2, 0.25) is 0 Å². The molecule has 0 bridgehead atoms. The van der Waals surface area contributed by atoms with Crippen LogP contribution in [-0.4, -0.2) is 72.3 Å². The normalized spacial score (nSPS) is 15.9. The summed E-state index contributed by atoms with van der Waals surface area (Å²) in [6.45, 7) is 0.781. The summed E-state index contributed by atoms with van der Waals surface area (Å²) < 4.78 is 5.60. The number of hydrogen-bond donors (Lipinski definition) is 5. The average molecular weight is 717 g/mol. The van der Waals surface area contributed by atoms with Crippen molar-refractivity contribution in [2.45, 2.75) is 49.2 Å². The third-order valence-electron chi connectivity index (χ3n) is 8.37. The predicted octanol–water partition coefficient (Wildman–Crippen LogP) is 2.92. The number of ether oxygens (including phenoxy) is 1. The van der Waals surface area contributed by atoms with E-state index in [1.165, 1.54) is 4.90 Å². The molecule has 15 nitrogen and oxygen atoms in total. The van der Waals surface area contributed by atoms with Gasteiger partial charge < -0.3 is 20.3 Å². The number of amides is 4. The molecule has 2 aliphatic rings. The van der Waals surface area contributed by atoms with Crippen molar-refractivity contribution in [3.05, 3.63) is 95.1 Å². The van der Waals surface area contributed by atoms with E-state index in [0.717, 1.165) is 33.3 Å². The molecule has 16 heteroatoms. The number of carbonyl (C=O) groups is 5. The summed E-state index contributed by atoms with van der Waals surface area (Å²) >= 11 is 1.14. The molecule has 2 heterocycles. The highest BCUT2D eigenvalue weighted by atomic mass is 32.2. The molecule has 51 heavy (non-hydrogen) atoms. The highest BCUT2D eigenvalue weighted by Gasteiger charge is 2.41. The van der Waals surface area contributed by atoms with Crippen molar-refractivity contribution in [2.75, 3.05) is 38.3 Å². The van der Waals surface area contributed by atoms with Crippen molar-refractivity contribution in [3.8, 4) is 0 Å². The Kier molecular flexibility index (Phi) is 13.2. The molecular weight excluding hydrogens is 677 g/mol. The quantitative estimate of drug-likeness (QED) is 0.0676. The molecule has 2 atom stereocenters. The standard InChI is InChI=1S/C35H40N8O7S/c1-36-29(44)15-12-23-10-13-25(14-11-23)51-33(48)16-18-50-19-17-37-31(46)22-43-35-26-7-3-2-6-24(26)21-42(32(47)20-30(45)38-41-49)28-9-5-4-8-27(28)34(35)39-40-43/h2-11,13-14,34-35,41,49H,12,15-22H2,1H3,(H,36,44)(H,37,46)(H,38,45). The lowest BCUT2D eigenvalue weighted by molar-refractivity contribution is -0.130. The first-order chi connectivity index (χ1) is 24.8. The molecule has 2 aliphatic heterocycles. The minimum absolute atomic E-state index is 0.0172. The summed E-state index contributed by atoms with van der Waals surface area (Å²) in [6, 6.07) is 21.4. The molecular formula is C35H40N8O7S. The number of nitrogens with zero attached hydrogens (tertiary/aromatic N) is 4. The second kappa shape index (κ2) is 18.2. The van der Waals surface area contributed by atoms with Gasteiger partial charge in [-0.1, -0.05) is 71.6 Å². The number of rotatable bonds is 15. The zero-order valence-corrected chi connectivity index (χ0v) is 28.9. The predicted molar refractivity (Wildman–Crippen MR) is 187 cm³/mol. The Balaban J connectivity index is 1.11. The summed E-state index contributed by atoms with van der Waals surface area (Å²) in [4.78, 5) is 64.7. The SMILES string of the molecule is CNC(=O)CCc1ccc(SC(=O)CCOCCNC(=O)CN2N=NC3c4ccccc4N(C(=O)CC(=O)NNO)Cc4ccccc4C32)cc1. The molecule has 0 saturated carbocycles. The lowest BCUT2D eigenvalue weighted by Crippen LogP contribution is -2.41. The Labute approximate surface area is 299 Å². The molecule has 0 saturated heterocycles. The molecule has 0 aliphatic carbocycles. The molecule has 2 unspecified atom stereocenters. The van der Waals surface area contributed by atoms with Crippen LogP contribution in [0.5, 0.6) is 0 Å². The maximum absolute atomic E-state index is 13.3. The first-order valence-electron chi connectivity index (χ1n) is 16.4. The molecule has 4 amide bonds. The Bertz CT molecular complexity index is 1760. The Morgan fingerprint density at radius 2 is 1.65 bits per heavy atom. The summed E-state index contributed by atoms with van der Waals surface area (Å²) in [6.07, 6.45) is 0.758. The summed E-state index contributed by atoms with van der Waals surface area (Å²) in [5.74, 6) is -1.46. The summed E-state index contributed by atoms with van der Waals surface area (Å²) in [5.41, 5.74) is 7.53. The Morgan fingerprint density at radius 1 is 0.902 bits per heavy atom. The van der Waals surface area contributed by atoms with Gasteiger partial charge in [-0.25, -0.2) is 0 Å². The van der Waals surface area contributed by atoms with E-state index in [0.29, 0.717) is 24.1 Å². The fourth-order valence-electron chi connectivity index (χ4n) is 5.88. The third-order valence-corrected chi connectivity index (χ3v) is 9.31. The van der Waals surface area contributed by atoms with Gasteiger partial charge in [0.2, 0.25) is 23.6 Å². The number of anilines is 1. The zero-order chi connectivity index (χ0) is 36.2. The second-order valence-corrected chi connectivity index (χ2v) is 12.9. The molecule has 3 aromatic rings. The summed E-state index contributed by atoms with van der Waals surface area (Å²) in [7, 11) is 1.61. The van der Waals surface area contributed by atoms with E-state index in [9.17, 15) is 24.0 Å². The topological polar surface area (TPSA) is 194 Å². The number of benzene rings is 3. The van der Waals surface area contributed by atoms with Crippen molar-refractivity contribution in [2.24, 2.45) is 10.3 Å². The number of hydrogen-bond acceptors (Lipinski definition) is 12. The van der Waals surface area contributed by atoms with E-state index in [-0.39, 0.29) is 56.2 Å². The van der Waals surface area contributed by atoms with Crippen molar-refractivity contribution in [3.63, 3.8) is 0 Å². The summed E-state index contributed by atoms with van der Waals surface area (Å²) in [5, 5.41) is 24.8. The van der Waals surface area contributed by atoms with Crippen LogP contribution in [0.4, 0.5) is 5.69 Å². The Hall–Kier alpha value is -5.16. The first-order valence-corrected chi connectivity index (χ1v) is 17.3. The minimum Gasteiger partial charge on any atom is -0.379 e. The van der Waals surface area contributed by atoms with Crippen LogP contribution in [0, 0.1) is 0 Å². The van der Waals surface area contributed by atoms with E-state index in [1.807, 2.05) is 66.1 Å². The largest absolute Gasteiger partial charge is 0.379 e. The van der Waals surface area contributed by atoms with Crippen LogP contribution in [0.15, 0.2) is 88.0 Å². The molecule has 5 N–H and O–H groups in total. The van der Waals surface area contributed by atoms with Crippen LogP contribution < -0.4 is 26.5 Å². The smallest absolute Gasteiger partial charge is 0.245 e. The van der Waals surface area contributed by atoms with Gasteiger partial charge in [0.1, 0.15) is 25.0 Å². The fourth-order valence-corrected chi connectivity index (χ4v) is 6.60. The van der Waals surface area contributed by atoms with Gasteiger partial charge in [0, 0.05) is 42.6 Å². The molecule has 0 aromatic heterocycles. The van der Waals surface area contributed by atoms with E-state index in [2.05, 4.69) is 21.0 Å². The monoisotopic (exact) mass is 716 g/mol. The highest BCUT2D eigenvalue weighted by molar-refractivity contribution is 8.13. The van der Waals surface area contributed by atoms with Crippen molar-refractivity contribution < 1.29 is 33.9 Å². The van der Waals surface area contributed by atoms with Gasteiger partial charge in [-0.05, 0) is 41.3 Å². The second-order valence-electron chi connectivity index (χ2n) is 11.8. The van der Waals surface area contributed by atoms with Crippen LogP contribution in [0.3, 0.4) is 0 Å². The van der Waals surface area contributed by atoms with Crippen molar-refractivity contribution in [1.82, 2.24) is 26.7 Å². The van der Waals surface area contributed by atoms with Crippen LogP contribution in [-0.2, 0) is 41.7 Å². The highest BCUT2D eigenvalue weighted by Crippen LogP contribution is 2.48. The zero-order valence-electron chi connectivity index (χ0n) is 28.0. The molecule has 0 radical (unpaired) electrons. The molecule has 0 spiro atoms. The minimum atomic E-state index is -0.696. The van der Waals surface area contributed by atoms with Crippen molar-refractivity contribution >= 4 is 46.2 Å². The molecule has 5 rings (SSSR count). The number of thioether (sulfide) groups is 1. The van der Waals surface area contributed by atoms with Gasteiger partial charge in [0.25, 0.3) is 0 Å². The van der Waals surface area contributed by atoms with Crippen LogP contribution in [0.25, 0.3) is 0 Å². The van der Waals surface area contributed by atoms with Crippen LogP contribution >= 0.6 is 11.8 Å². The maximum Gasteiger partial charge on any atom is 0.245 e. The van der Waals surface area contributed by atoms with E-state index >= 15 is 0 Å². The lowest BCUT2D eigenvalue weighted by Gasteiger charge is -2.34. The molecule has 3 aromatic carbocycles. The number of aryl methyl sites for hydroxylation is 1. The van der Waals surface area contributed by atoms with Crippen LogP contribution in [0.1, 0.15) is 53.6 Å². The van der Waals surface area contributed by atoms with E-state index in [1.54, 1.807) is 29.8 Å². The number of nitrogens with one attached hydrogen (secondary N) is 4. The Morgan fingerprint density at radius 3 is 2.41 bits per heavy atom. The lowest BCUT2D eigenvalue weighted by atomic mass is 9.87. The fraction of sp³-hybridized carbons (Fsp3) is 0.343. The van der Waals surface area contributed by atoms with Crippen molar-refractivity contribution in [1.29, 1.82) is 0 Å². The third kappa shape index (κ3) is 9.97. The maximum atomic E-state index is 13.3. The molecule has 268 valence electrons. The first kappa shape index (κ1) is 37.1. The van der Waals surface area contributed by atoms with Gasteiger partial charge in [-0.2, -0.15) is 5.11 Å². The van der Waals surface area contributed by atoms with Gasteiger partial charge in [-0.15, -0.1) is 5.59 Å². The number of hydrazine groups is 1. The number of para-hydroxylation sites is 1.